The molecule has 2 saturated heterocycles. The number of aromatic nitrogens is 3. The Morgan fingerprint density at radius 3 is 2.90 bits per heavy atom. The summed E-state index contributed by atoms with van der Waals surface area (Å²) in [6.07, 6.45) is 7.25. The molecule has 0 spiro atoms. The molecule has 2 aromatic heterocycles. The molecule has 4 heterocycles. The number of carbonyl (C=O) groups excluding carboxylic acids is 1. The van der Waals surface area contributed by atoms with Crippen molar-refractivity contribution >= 4 is 29.0 Å². The predicted octanol–water partition coefficient (Wildman–Crippen LogP) is 2.97. The smallest absolute Gasteiger partial charge is 0.229 e. The van der Waals surface area contributed by atoms with Gasteiger partial charge in [-0.3, -0.25) is 4.79 Å². The highest BCUT2D eigenvalue weighted by Crippen LogP contribution is 2.29. The van der Waals surface area contributed by atoms with E-state index < -0.39 is 0 Å². The van der Waals surface area contributed by atoms with Gasteiger partial charge in [-0.1, -0.05) is 11.6 Å². The molecule has 4 rings (SSSR count). The first kappa shape index (κ1) is 21.0. The lowest BCUT2D eigenvalue weighted by molar-refractivity contribution is -0.120. The number of amides is 1. The van der Waals surface area contributed by atoms with Gasteiger partial charge in [-0.2, -0.15) is 10.2 Å². The maximum Gasteiger partial charge on any atom is 0.229 e. The molecule has 0 saturated carbocycles. The number of rotatable bonds is 6. The van der Waals surface area contributed by atoms with Gasteiger partial charge in [0.1, 0.15) is 5.82 Å². The summed E-state index contributed by atoms with van der Waals surface area (Å²) in [7, 11) is 0. The number of pyridine rings is 1. The molecule has 30 heavy (non-hydrogen) atoms. The first-order valence-electron chi connectivity index (χ1n) is 10.5. The van der Waals surface area contributed by atoms with Crippen molar-refractivity contribution < 1.29 is 9.53 Å². The van der Waals surface area contributed by atoms with Gasteiger partial charge in [0.15, 0.2) is 0 Å². The summed E-state index contributed by atoms with van der Waals surface area (Å²) >= 11 is 6.38. The summed E-state index contributed by atoms with van der Waals surface area (Å²) in [5.74, 6) is 0.987. The molecule has 1 atom stereocenters. The molecule has 9 heteroatoms. The zero-order valence-corrected chi connectivity index (χ0v) is 17.6. The van der Waals surface area contributed by atoms with Crippen LogP contribution in [0.4, 0.5) is 11.5 Å². The first-order chi connectivity index (χ1) is 14.7. The Bertz CT molecular complexity index is 868. The third-order valence-electron chi connectivity index (χ3n) is 5.64. The van der Waals surface area contributed by atoms with Crippen LogP contribution >= 0.6 is 11.6 Å². The highest BCUT2D eigenvalue weighted by molar-refractivity contribution is 6.33. The van der Waals surface area contributed by atoms with Gasteiger partial charge in [-0.25, -0.2) is 4.98 Å². The fraction of sp³-hybridized carbons (Fsp3) is 0.524. The second-order valence-electron chi connectivity index (χ2n) is 7.85. The van der Waals surface area contributed by atoms with Crippen LogP contribution in [0.1, 0.15) is 25.7 Å². The zero-order valence-electron chi connectivity index (χ0n) is 16.9. The van der Waals surface area contributed by atoms with Crippen molar-refractivity contribution in [2.75, 3.05) is 43.5 Å². The number of nitrogens with one attached hydrogen (secondary N) is 3. The van der Waals surface area contributed by atoms with E-state index in [2.05, 4.69) is 31.1 Å². The minimum atomic E-state index is -0.0443. The Hall–Kier alpha value is -2.29. The van der Waals surface area contributed by atoms with Crippen LogP contribution in [0.2, 0.25) is 5.02 Å². The van der Waals surface area contributed by atoms with E-state index in [0.717, 1.165) is 57.7 Å². The van der Waals surface area contributed by atoms with Crippen LogP contribution in [0.25, 0.3) is 11.3 Å². The zero-order chi connectivity index (χ0) is 20.8. The Labute approximate surface area is 181 Å². The first-order valence-corrected chi connectivity index (χ1v) is 10.9. The second-order valence-corrected chi connectivity index (χ2v) is 8.26. The molecule has 0 radical (unpaired) electrons. The van der Waals surface area contributed by atoms with Crippen LogP contribution in [0.3, 0.4) is 0 Å². The molecule has 160 valence electrons. The van der Waals surface area contributed by atoms with Crippen LogP contribution < -0.4 is 16.0 Å². The molecular weight excluding hydrogens is 404 g/mol. The van der Waals surface area contributed by atoms with Gasteiger partial charge in [-0.15, -0.1) is 0 Å². The molecule has 3 N–H and O–H groups in total. The molecule has 0 bridgehead atoms. The average molecular weight is 431 g/mol. The lowest BCUT2D eigenvalue weighted by Gasteiger charge is -2.22. The van der Waals surface area contributed by atoms with Crippen LogP contribution in [0.15, 0.2) is 24.5 Å². The van der Waals surface area contributed by atoms with Gasteiger partial charge in [0.2, 0.25) is 5.91 Å². The molecule has 8 nitrogen and oxygen atoms in total. The summed E-state index contributed by atoms with van der Waals surface area (Å²) in [4.78, 5) is 16.8. The number of anilines is 2. The van der Waals surface area contributed by atoms with Crippen LogP contribution in [0, 0.1) is 11.8 Å². The molecule has 2 fully saturated rings. The van der Waals surface area contributed by atoms with Gasteiger partial charge in [0.05, 0.1) is 28.5 Å². The maximum atomic E-state index is 12.5. The van der Waals surface area contributed by atoms with E-state index in [0.29, 0.717) is 34.6 Å². The molecule has 2 aliphatic rings. The lowest BCUT2D eigenvalue weighted by Crippen LogP contribution is -2.37. The summed E-state index contributed by atoms with van der Waals surface area (Å²) in [6, 6.07) is 3.67. The van der Waals surface area contributed by atoms with Crippen molar-refractivity contribution in [2.45, 2.75) is 25.7 Å². The number of halogens is 1. The minimum absolute atomic E-state index is 0.0269. The topological polar surface area (TPSA) is 101 Å². The van der Waals surface area contributed by atoms with E-state index in [1.807, 2.05) is 6.07 Å². The average Bonchev–Trinajstić information content (AvgIpc) is 2.80. The summed E-state index contributed by atoms with van der Waals surface area (Å²) < 4.78 is 5.42. The third kappa shape index (κ3) is 5.44. The van der Waals surface area contributed by atoms with Gasteiger partial charge >= 0.3 is 0 Å². The highest BCUT2D eigenvalue weighted by atomic mass is 35.5. The SMILES string of the molecule is O=C(Nc1cc(-c2cc(NCC3CCOCC3)cnn2)c(Cl)cn1)[C@@H]1CCCNC1. The standard InChI is InChI=1S/C21H27ClN6O2/c22-18-13-25-20(27-21(29)15-2-1-5-23-11-15)9-17(18)19-8-16(12-26-28-19)24-10-14-3-6-30-7-4-14/h8-9,12-15,23H,1-7,10-11H2,(H,24,28)(H,25,27,29)/t15-/m1/s1. The third-order valence-corrected chi connectivity index (χ3v) is 5.94. The summed E-state index contributed by atoms with van der Waals surface area (Å²) in [5.41, 5.74) is 2.21. The number of carbonyl (C=O) groups is 1. The van der Waals surface area contributed by atoms with Gasteiger partial charge in [-0.05, 0) is 50.3 Å². The van der Waals surface area contributed by atoms with Crippen molar-refractivity contribution in [3.63, 3.8) is 0 Å². The Kier molecular flexibility index (Phi) is 7.09. The number of hydrogen-bond acceptors (Lipinski definition) is 7. The van der Waals surface area contributed by atoms with E-state index in [1.165, 1.54) is 6.20 Å². The molecule has 0 aromatic carbocycles. The molecule has 0 unspecified atom stereocenters. The molecular formula is C21H27ClN6O2. The largest absolute Gasteiger partial charge is 0.383 e. The Morgan fingerprint density at radius 1 is 1.23 bits per heavy atom. The predicted molar refractivity (Wildman–Crippen MR) is 117 cm³/mol. The lowest BCUT2D eigenvalue weighted by atomic mass is 9.99. The maximum absolute atomic E-state index is 12.5. The van der Waals surface area contributed by atoms with Crippen molar-refractivity contribution in [3.8, 4) is 11.3 Å². The van der Waals surface area contributed by atoms with Crippen LogP contribution in [-0.4, -0.2) is 53.9 Å². The van der Waals surface area contributed by atoms with E-state index in [9.17, 15) is 4.79 Å². The Balaban J connectivity index is 1.45. The van der Waals surface area contributed by atoms with Crippen molar-refractivity contribution in [2.24, 2.45) is 11.8 Å². The van der Waals surface area contributed by atoms with Gasteiger partial charge in [0, 0.05) is 38.1 Å². The van der Waals surface area contributed by atoms with E-state index in [-0.39, 0.29) is 11.8 Å². The number of hydrogen-bond donors (Lipinski definition) is 3. The highest BCUT2D eigenvalue weighted by Gasteiger charge is 2.21. The fourth-order valence-corrected chi connectivity index (χ4v) is 4.02. The normalized spacial score (nSPS) is 20.0. The molecule has 0 aliphatic carbocycles. The van der Waals surface area contributed by atoms with E-state index in [4.69, 9.17) is 16.3 Å². The minimum Gasteiger partial charge on any atom is -0.383 e. The number of nitrogens with zero attached hydrogens (tertiary/aromatic N) is 3. The van der Waals surface area contributed by atoms with E-state index in [1.54, 1.807) is 12.3 Å². The Morgan fingerprint density at radius 2 is 2.10 bits per heavy atom. The second kappa shape index (κ2) is 10.1. The quantitative estimate of drug-likeness (QED) is 0.647. The van der Waals surface area contributed by atoms with Gasteiger partial charge < -0.3 is 20.7 Å². The van der Waals surface area contributed by atoms with Crippen molar-refractivity contribution in [1.82, 2.24) is 20.5 Å². The fourth-order valence-electron chi connectivity index (χ4n) is 3.81. The van der Waals surface area contributed by atoms with Crippen molar-refractivity contribution in [1.29, 1.82) is 0 Å². The molecule has 1 amide bonds. The van der Waals surface area contributed by atoms with Crippen molar-refractivity contribution in [3.05, 3.63) is 29.5 Å². The monoisotopic (exact) mass is 430 g/mol. The summed E-state index contributed by atoms with van der Waals surface area (Å²) in [6.45, 7) is 4.17. The number of ether oxygens (including phenoxy) is 1. The van der Waals surface area contributed by atoms with Gasteiger partial charge in [0.25, 0.3) is 0 Å². The summed E-state index contributed by atoms with van der Waals surface area (Å²) in [5, 5.41) is 18.4. The molecule has 2 aromatic rings. The number of piperidine rings is 1. The van der Waals surface area contributed by atoms with E-state index >= 15 is 0 Å². The van der Waals surface area contributed by atoms with Crippen LogP contribution in [-0.2, 0) is 9.53 Å². The van der Waals surface area contributed by atoms with Crippen LogP contribution in [0.5, 0.6) is 0 Å². The molecule has 2 aliphatic heterocycles.